The normalized spacial score (nSPS) is 10.0. The molecular formula is C19H21N3O3S. The van der Waals surface area contributed by atoms with Gasteiger partial charge >= 0.3 is 6.03 Å². The number of hydrogen-bond acceptors (Lipinski definition) is 5. The number of urea groups is 1. The molecule has 6 nitrogen and oxygen atoms in total. The second-order valence-corrected chi connectivity index (χ2v) is 5.91. The molecule has 0 atom stereocenters. The van der Waals surface area contributed by atoms with E-state index in [2.05, 4.69) is 18.9 Å². The molecule has 7 heteroatoms. The zero-order valence-electron chi connectivity index (χ0n) is 14.3. The van der Waals surface area contributed by atoms with Crippen LogP contribution in [0.15, 0.2) is 48.5 Å². The van der Waals surface area contributed by atoms with Gasteiger partial charge in [-0.3, -0.25) is 0 Å². The standard InChI is InChI=1S/C19H21N3O3S/c20-14-15-7-2-3-10-18(15)25-12-5-1-4-11-24-17-9-6-8-16(13-17)22(26)19(21)23/h2-3,6-10,13,26H,1,4-5,11-12H2,(H2,21,23). The summed E-state index contributed by atoms with van der Waals surface area (Å²) in [7, 11) is 0. The smallest absolute Gasteiger partial charge is 0.329 e. The van der Waals surface area contributed by atoms with Crippen molar-refractivity contribution in [2.24, 2.45) is 5.73 Å². The highest BCUT2D eigenvalue weighted by atomic mass is 32.1. The fraction of sp³-hybridized carbons (Fsp3) is 0.263. The van der Waals surface area contributed by atoms with Crippen molar-refractivity contribution in [2.75, 3.05) is 17.5 Å². The summed E-state index contributed by atoms with van der Waals surface area (Å²) in [5, 5.41) is 9.00. The molecule has 26 heavy (non-hydrogen) atoms. The minimum absolute atomic E-state index is 0.546. The Morgan fingerprint density at radius 3 is 2.54 bits per heavy atom. The van der Waals surface area contributed by atoms with E-state index in [0.717, 1.165) is 23.6 Å². The second-order valence-electron chi connectivity index (χ2n) is 5.51. The van der Waals surface area contributed by atoms with Crippen molar-refractivity contribution in [3.05, 3.63) is 54.1 Å². The molecule has 0 radical (unpaired) electrons. The monoisotopic (exact) mass is 371 g/mol. The molecule has 0 aliphatic rings. The molecule has 2 aromatic rings. The zero-order chi connectivity index (χ0) is 18.8. The maximum Gasteiger partial charge on any atom is 0.329 e. The first kappa shape index (κ1) is 19.5. The number of primary amides is 1. The van der Waals surface area contributed by atoms with Gasteiger partial charge in [0.25, 0.3) is 0 Å². The molecule has 0 aromatic heterocycles. The molecule has 0 heterocycles. The van der Waals surface area contributed by atoms with E-state index in [1.807, 2.05) is 18.2 Å². The number of benzene rings is 2. The Bertz CT molecular complexity index is 777. The Hall–Kier alpha value is -2.85. The average Bonchev–Trinajstić information content (AvgIpc) is 2.67. The predicted molar refractivity (Wildman–Crippen MR) is 103 cm³/mol. The van der Waals surface area contributed by atoms with Crippen molar-refractivity contribution in [3.8, 4) is 17.6 Å². The minimum Gasteiger partial charge on any atom is -0.494 e. The number of rotatable bonds is 9. The summed E-state index contributed by atoms with van der Waals surface area (Å²) >= 11 is 4.02. The van der Waals surface area contributed by atoms with E-state index in [0.29, 0.717) is 36.0 Å². The fourth-order valence-corrected chi connectivity index (χ4v) is 2.39. The molecule has 0 fully saturated rings. The van der Waals surface area contributed by atoms with Crippen LogP contribution in [0.4, 0.5) is 10.5 Å². The number of nitrogens with two attached hydrogens (primary N) is 1. The summed E-state index contributed by atoms with van der Waals surface area (Å²) in [6.45, 7) is 1.11. The van der Waals surface area contributed by atoms with Crippen molar-refractivity contribution < 1.29 is 14.3 Å². The molecule has 2 amide bonds. The number of ether oxygens (including phenoxy) is 2. The molecule has 0 aliphatic heterocycles. The van der Waals surface area contributed by atoms with Gasteiger partial charge in [-0.1, -0.05) is 31.0 Å². The van der Waals surface area contributed by atoms with Gasteiger partial charge in [-0.2, -0.15) is 5.26 Å². The Morgan fingerprint density at radius 1 is 1.08 bits per heavy atom. The highest BCUT2D eigenvalue weighted by Crippen LogP contribution is 2.22. The van der Waals surface area contributed by atoms with Crippen LogP contribution in [0.25, 0.3) is 0 Å². The van der Waals surface area contributed by atoms with Gasteiger partial charge in [-0.25, -0.2) is 9.10 Å². The summed E-state index contributed by atoms with van der Waals surface area (Å²) in [5.74, 6) is 1.27. The van der Waals surface area contributed by atoms with Crippen LogP contribution >= 0.6 is 12.8 Å². The van der Waals surface area contributed by atoms with Crippen LogP contribution in [0.2, 0.25) is 0 Å². The highest BCUT2D eigenvalue weighted by Gasteiger charge is 2.08. The number of thiol groups is 1. The molecule has 2 rings (SSSR count). The fourth-order valence-electron chi connectivity index (χ4n) is 2.27. The van der Waals surface area contributed by atoms with Crippen LogP contribution in [-0.4, -0.2) is 19.2 Å². The van der Waals surface area contributed by atoms with Crippen molar-refractivity contribution in [3.63, 3.8) is 0 Å². The van der Waals surface area contributed by atoms with E-state index in [-0.39, 0.29) is 0 Å². The van der Waals surface area contributed by atoms with Gasteiger partial charge in [-0.05, 0) is 43.5 Å². The number of carbonyl (C=O) groups is 1. The van der Waals surface area contributed by atoms with Gasteiger partial charge in [0.2, 0.25) is 0 Å². The number of unbranched alkanes of at least 4 members (excludes halogenated alkanes) is 2. The number of nitrogens with zero attached hydrogens (tertiary/aromatic N) is 2. The van der Waals surface area contributed by atoms with Gasteiger partial charge in [0.15, 0.2) is 0 Å². The lowest BCUT2D eigenvalue weighted by Gasteiger charge is -2.14. The Morgan fingerprint density at radius 2 is 1.81 bits per heavy atom. The third-order valence-corrected chi connectivity index (χ3v) is 4.02. The first-order valence-corrected chi connectivity index (χ1v) is 8.65. The molecule has 0 aliphatic carbocycles. The molecule has 0 bridgehead atoms. The maximum atomic E-state index is 11.1. The minimum atomic E-state index is -0.650. The number of hydrogen-bond donors (Lipinski definition) is 2. The lowest BCUT2D eigenvalue weighted by molar-refractivity contribution is 0.257. The third-order valence-electron chi connectivity index (χ3n) is 3.59. The average molecular weight is 371 g/mol. The second kappa shape index (κ2) is 10.2. The largest absolute Gasteiger partial charge is 0.494 e. The first-order valence-electron chi connectivity index (χ1n) is 8.25. The molecule has 0 saturated carbocycles. The summed E-state index contributed by atoms with van der Waals surface area (Å²) in [6, 6.07) is 15.7. The van der Waals surface area contributed by atoms with Crippen LogP contribution in [-0.2, 0) is 0 Å². The van der Waals surface area contributed by atoms with Crippen LogP contribution in [0.3, 0.4) is 0 Å². The molecule has 0 unspecified atom stereocenters. The number of para-hydroxylation sites is 1. The summed E-state index contributed by atoms with van der Waals surface area (Å²) in [6.07, 6.45) is 2.68. The Labute approximate surface area is 158 Å². The molecule has 2 N–H and O–H groups in total. The van der Waals surface area contributed by atoms with E-state index in [1.54, 1.807) is 30.3 Å². The van der Waals surface area contributed by atoms with Crippen molar-refractivity contribution >= 4 is 24.5 Å². The van der Waals surface area contributed by atoms with Gasteiger partial charge in [-0.15, -0.1) is 0 Å². The topological polar surface area (TPSA) is 88.6 Å². The Kier molecular flexibility index (Phi) is 7.65. The summed E-state index contributed by atoms with van der Waals surface area (Å²) in [5.41, 5.74) is 6.29. The highest BCUT2D eigenvalue weighted by molar-refractivity contribution is 7.82. The van der Waals surface area contributed by atoms with E-state index in [9.17, 15) is 4.79 Å². The molecule has 0 spiro atoms. The van der Waals surface area contributed by atoms with Gasteiger partial charge in [0.05, 0.1) is 24.5 Å². The van der Waals surface area contributed by atoms with E-state index >= 15 is 0 Å². The lowest BCUT2D eigenvalue weighted by Crippen LogP contribution is -2.27. The SMILES string of the molecule is N#Cc1ccccc1OCCCCCOc1cccc(N(S)C(N)=O)c1. The third kappa shape index (κ3) is 5.90. The van der Waals surface area contributed by atoms with E-state index in [1.165, 1.54) is 0 Å². The van der Waals surface area contributed by atoms with E-state index < -0.39 is 6.03 Å². The molecular weight excluding hydrogens is 350 g/mol. The Balaban J connectivity index is 1.66. The van der Waals surface area contributed by atoms with Crippen LogP contribution < -0.4 is 19.5 Å². The molecule has 0 saturated heterocycles. The first-order chi connectivity index (χ1) is 12.6. The van der Waals surface area contributed by atoms with Crippen LogP contribution in [0.1, 0.15) is 24.8 Å². The van der Waals surface area contributed by atoms with Crippen molar-refractivity contribution in [1.82, 2.24) is 0 Å². The number of nitriles is 1. The number of amides is 2. The summed E-state index contributed by atoms with van der Waals surface area (Å²) < 4.78 is 12.4. The molecule has 2 aromatic carbocycles. The predicted octanol–water partition coefficient (Wildman–Crippen LogP) is 3.92. The number of anilines is 1. The van der Waals surface area contributed by atoms with Crippen LogP contribution in [0.5, 0.6) is 11.5 Å². The van der Waals surface area contributed by atoms with E-state index in [4.69, 9.17) is 20.5 Å². The lowest BCUT2D eigenvalue weighted by atomic mass is 10.2. The zero-order valence-corrected chi connectivity index (χ0v) is 15.2. The molecule has 136 valence electrons. The summed E-state index contributed by atoms with van der Waals surface area (Å²) in [4.78, 5) is 11.1. The number of carbonyl (C=O) groups excluding carboxylic acids is 1. The van der Waals surface area contributed by atoms with Gasteiger partial charge < -0.3 is 15.2 Å². The quantitative estimate of drug-likeness (QED) is 0.516. The van der Waals surface area contributed by atoms with Crippen LogP contribution in [0, 0.1) is 11.3 Å². The van der Waals surface area contributed by atoms with Crippen molar-refractivity contribution in [2.45, 2.75) is 19.3 Å². The maximum absolute atomic E-state index is 11.1. The van der Waals surface area contributed by atoms with Crippen molar-refractivity contribution in [1.29, 1.82) is 5.26 Å². The van der Waals surface area contributed by atoms with Gasteiger partial charge in [0, 0.05) is 6.07 Å². The van der Waals surface area contributed by atoms with Gasteiger partial charge in [0.1, 0.15) is 17.6 Å².